The Hall–Kier alpha value is -3.24. The minimum Gasteiger partial charge on any atom is -0.493 e. The number of hydrogen-bond donors (Lipinski definition) is 0. The van der Waals surface area contributed by atoms with Gasteiger partial charge in [0.1, 0.15) is 5.69 Å². The molecule has 0 radical (unpaired) electrons. The number of carbonyl (C=O) groups is 1. The predicted molar refractivity (Wildman–Crippen MR) is 131 cm³/mol. The Morgan fingerprint density at radius 3 is 2.00 bits per heavy atom. The molecule has 0 bridgehead atoms. The summed E-state index contributed by atoms with van der Waals surface area (Å²) in [5.41, 5.74) is 0.730. The van der Waals surface area contributed by atoms with Gasteiger partial charge >= 0.3 is 5.97 Å². The van der Waals surface area contributed by atoms with Gasteiger partial charge in [0.25, 0.3) is 5.56 Å². The lowest BCUT2D eigenvalue weighted by Gasteiger charge is -2.21. The molecular weight excluding hydrogens is 510 g/mol. The summed E-state index contributed by atoms with van der Waals surface area (Å²) in [6, 6.07) is 6.78. The van der Waals surface area contributed by atoms with Crippen LogP contribution in [0, 0.1) is 0 Å². The van der Waals surface area contributed by atoms with Crippen molar-refractivity contribution in [2.75, 3.05) is 49.3 Å². The van der Waals surface area contributed by atoms with Crippen LogP contribution >= 0.6 is 15.9 Å². The largest absolute Gasteiger partial charge is 0.493 e. The van der Waals surface area contributed by atoms with Crippen molar-refractivity contribution in [3.8, 4) is 34.1 Å². The van der Waals surface area contributed by atoms with Crippen molar-refractivity contribution in [1.29, 1.82) is 0 Å². The Morgan fingerprint density at radius 2 is 1.47 bits per heavy atom. The van der Waals surface area contributed by atoms with Crippen molar-refractivity contribution in [3.05, 3.63) is 44.8 Å². The first-order valence-electron chi connectivity index (χ1n) is 10.2. The Labute approximate surface area is 205 Å². The van der Waals surface area contributed by atoms with E-state index in [0.29, 0.717) is 49.4 Å². The predicted octanol–water partition coefficient (Wildman–Crippen LogP) is 3.90. The molecule has 3 aromatic rings. The number of pyridine rings is 1. The lowest BCUT2D eigenvalue weighted by Crippen LogP contribution is -2.29. The van der Waals surface area contributed by atoms with Crippen molar-refractivity contribution in [3.63, 3.8) is 0 Å². The van der Waals surface area contributed by atoms with E-state index in [-0.39, 0.29) is 18.8 Å². The quantitative estimate of drug-likeness (QED) is 0.381. The van der Waals surface area contributed by atoms with Crippen LogP contribution in [0.4, 0.5) is 0 Å². The fourth-order valence-electron chi connectivity index (χ4n) is 3.83. The molecule has 34 heavy (non-hydrogen) atoms. The number of hydrogen-bond acceptors (Lipinski definition) is 8. The van der Waals surface area contributed by atoms with Crippen LogP contribution in [0.5, 0.6) is 23.0 Å². The molecule has 0 aliphatic rings. The third-order valence-electron chi connectivity index (χ3n) is 5.40. The van der Waals surface area contributed by atoms with E-state index in [1.807, 2.05) is 0 Å². The van der Waals surface area contributed by atoms with Crippen LogP contribution in [0.25, 0.3) is 21.9 Å². The molecule has 0 saturated heterocycles. The lowest BCUT2D eigenvalue weighted by molar-refractivity contribution is 0.0585. The van der Waals surface area contributed by atoms with Gasteiger partial charge in [-0.15, -0.1) is 0 Å². The highest BCUT2D eigenvalue weighted by molar-refractivity contribution is 9.10. The second-order valence-electron chi connectivity index (χ2n) is 7.11. The van der Waals surface area contributed by atoms with Gasteiger partial charge in [-0.1, -0.05) is 0 Å². The molecular formula is C24H26BrNO8. The van der Waals surface area contributed by atoms with Crippen molar-refractivity contribution in [2.45, 2.75) is 6.54 Å². The second-order valence-corrected chi connectivity index (χ2v) is 7.97. The van der Waals surface area contributed by atoms with Gasteiger partial charge in [-0.05, 0) is 45.8 Å². The Balaban J connectivity index is 2.59. The molecule has 9 nitrogen and oxygen atoms in total. The average Bonchev–Trinajstić information content (AvgIpc) is 2.85. The maximum Gasteiger partial charge on any atom is 0.355 e. The summed E-state index contributed by atoms with van der Waals surface area (Å²) >= 11 is 3.51. The van der Waals surface area contributed by atoms with Crippen LogP contribution in [0.3, 0.4) is 0 Å². The van der Waals surface area contributed by atoms with E-state index in [0.717, 1.165) is 0 Å². The Bertz CT molecular complexity index is 1280. The molecule has 0 aliphatic heterocycles. The smallest absolute Gasteiger partial charge is 0.355 e. The summed E-state index contributed by atoms with van der Waals surface area (Å²) in [6.45, 7) is 0.337. The maximum absolute atomic E-state index is 13.6. The van der Waals surface area contributed by atoms with E-state index in [1.165, 1.54) is 47.2 Å². The van der Waals surface area contributed by atoms with Crippen LogP contribution in [0.2, 0.25) is 0 Å². The van der Waals surface area contributed by atoms with Crippen LogP contribution in [-0.4, -0.2) is 59.8 Å². The highest BCUT2D eigenvalue weighted by Gasteiger charge is 2.27. The monoisotopic (exact) mass is 535 g/mol. The summed E-state index contributed by atoms with van der Waals surface area (Å²) < 4.78 is 34.1. The number of aromatic nitrogens is 1. The molecule has 1 heterocycles. The van der Waals surface area contributed by atoms with Gasteiger partial charge in [-0.2, -0.15) is 0 Å². The number of nitrogens with zero attached hydrogens (tertiary/aromatic N) is 1. The van der Waals surface area contributed by atoms with Gasteiger partial charge in [0, 0.05) is 24.6 Å². The highest BCUT2D eigenvalue weighted by atomic mass is 79.9. The number of ether oxygens (including phenoxy) is 6. The summed E-state index contributed by atoms with van der Waals surface area (Å²) in [5, 5.41) is 0.818. The number of esters is 1. The van der Waals surface area contributed by atoms with Crippen LogP contribution in [-0.2, 0) is 16.0 Å². The van der Waals surface area contributed by atoms with E-state index in [9.17, 15) is 9.59 Å². The van der Waals surface area contributed by atoms with Crippen molar-refractivity contribution < 1.29 is 33.2 Å². The molecule has 0 N–H and O–H groups in total. The highest BCUT2D eigenvalue weighted by Crippen LogP contribution is 2.43. The normalized spacial score (nSPS) is 10.8. The summed E-state index contributed by atoms with van der Waals surface area (Å²) in [4.78, 5) is 26.6. The van der Waals surface area contributed by atoms with Gasteiger partial charge in [0.15, 0.2) is 23.0 Å². The fraction of sp³-hybridized carbons (Fsp3) is 0.333. The molecule has 0 saturated carbocycles. The van der Waals surface area contributed by atoms with Gasteiger partial charge < -0.3 is 28.4 Å². The van der Waals surface area contributed by atoms with E-state index < -0.39 is 11.5 Å². The first-order valence-corrected chi connectivity index (χ1v) is 11.0. The van der Waals surface area contributed by atoms with Gasteiger partial charge in [-0.3, -0.25) is 9.36 Å². The third kappa shape index (κ3) is 4.43. The molecule has 0 spiro atoms. The number of halogens is 1. The van der Waals surface area contributed by atoms with Crippen molar-refractivity contribution >= 4 is 32.7 Å². The molecule has 0 unspecified atom stereocenters. The molecule has 0 fully saturated rings. The van der Waals surface area contributed by atoms with Gasteiger partial charge in [0.05, 0.1) is 52.0 Å². The average molecular weight is 536 g/mol. The number of fused-ring (bicyclic) bond motifs is 1. The summed E-state index contributed by atoms with van der Waals surface area (Å²) in [6.07, 6.45) is 0. The minimum atomic E-state index is -0.675. The van der Waals surface area contributed by atoms with Gasteiger partial charge in [-0.25, -0.2) is 4.79 Å². The standard InChI is InChI=1S/C24H26BrNO8/c1-29-8-7-26-21(24(28)34-6)20(13-9-16(25)22(33-5)19(10-13)32-4)14-11-17(30-2)18(31-3)12-15(14)23(26)27/h9-12H,7-8H2,1-6H3. The van der Waals surface area contributed by atoms with Gasteiger partial charge in [0.2, 0.25) is 0 Å². The first-order chi connectivity index (χ1) is 16.4. The van der Waals surface area contributed by atoms with Crippen molar-refractivity contribution in [1.82, 2.24) is 4.57 Å². The first kappa shape index (κ1) is 25.4. The molecule has 0 amide bonds. The fourth-order valence-corrected chi connectivity index (χ4v) is 4.44. The van der Waals surface area contributed by atoms with E-state index in [4.69, 9.17) is 28.4 Å². The Morgan fingerprint density at radius 1 is 0.853 bits per heavy atom. The van der Waals surface area contributed by atoms with E-state index >= 15 is 0 Å². The second kappa shape index (κ2) is 10.8. The molecule has 0 aliphatic carbocycles. The number of carbonyl (C=O) groups excluding carboxylic acids is 1. The lowest BCUT2D eigenvalue weighted by atomic mass is 9.95. The number of methoxy groups -OCH3 is 6. The molecule has 3 rings (SSSR count). The zero-order valence-corrected chi connectivity index (χ0v) is 21.4. The molecule has 2 aromatic carbocycles. The molecule has 10 heteroatoms. The summed E-state index contributed by atoms with van der Waals surface area (Å²) in [7, 11) is 8.81. The zero-order chi connectivity index (χ0) is 25.0. The minimum absolute atomic E-state index is 0.0726. The molecule has 0 atom stereocenters. The molecule has 182 valence electrons. The Kier molecular flexibility index (Phi) is 8.06. The maximum atomic E-state index is 13.6. The molecule has 1 aromatic heterocycles. The topological polar surface area (TPSA) is 94.5 Å². The zero-order valence-electron chi connectivity index (χ0n) is 19.8. The van der Waals surface area contributed by atoms with E-state index in [2.05, 4.69) is 15.9 Å². The van der Waals surface area contributed by atoms with Crippen molar-refractivity contribution in [2.24, 2.45) is 0 Å². The van der Waals surface area contributed by atoms with Crippen LogP contribution < -0.4 is 24.5 Å². The van der Waals surface area contributed by atoms with Crippen LogP contribution in [0.1, 0.15) is 10.5 Å². The van der Waals surface area contributed by atoms with E-state index in [1.54, 1.807) is 24.3 Å². The third-order valence-corrected chi connectivity index (χ3v) is 5.98. The van der Waals surface area contributed by atoms with Crippen LogP contribution in [0.15, 0.2) is 33.5 Å². The SMILES string of the molecule is COCCn1c(C(=O)OC)c(-c2cc(Br)c(OC)c(OC)c2)c2cc(OC)c(OC)cc2c1=O. The number of benzene rings is 2. The summed E-state index contributed by atoms with van der Waals surface area (Å²) in [5.74, 6) is 1.04. The number of rotatable bonds is 9.